The lowest BCUT2D eigenvalue weighted by molar-refractivity contribution is 0.0780. The van der Waals surface area contributed by atoms with Gasteiger partial charge in [0.05, 0.1) is 16.8 Å². The van der Waals surface area contributed by atoms with Crippen molar-refractivity contribution in [3.63, 3.8) is 0 Å². The summed E-state index contributed by atoms with van der Waals surface area (Å²) >= 11 is 6.03. The van der Waals surface area contributed by atoms with Gasteiger partial charge in [-0.25, -0.2) is 0 Å². The number of para-hydroxylation sites is 1. The molecule has 1 aromatic heterocycles. The van der Waals surface area contributed by atoms with Crippen molar-refractivity contribution in [3.05, 3.63) is 81.7 Å². The average Bonchev–Trinajstić information content (AvgIpc) is 2.97. The van der Waals surface area contributed by atoms with Gasteiger partial charge < -0.3 is 14.2 Å². The fraction of sp³-hybridized carbons (Fsp3) is 0.238. The molecule has 0 unspecified atom stereocenters. The third kappa shape index (κ3) is 4.49. The Morgan fingerprint density at radius 1 is 1.19 bits per heavy atom. The van der Waals surface area contributed by atoms with Crippen LogP contribution in [0.25, 0.3) is 0 Å². The van der Waals surface area contributed by atoms with E-state index >= 15 is 0 Å². The van der Waals surface area contributed by atoms with Gasteiger partial charge in [-0.05, 0) is 43.7 Å². The molecule has 5 nitrogen and oxygen atoms in total. The van der Waals surface area contributed by atoms with Crippen molar-refractivity contribution in [1.29, 1.82) is 0 Å². The summed E-state index contributed by atoms with van der Waals surface area (Å²) in [7, 11) is 1.76. The molecule has 0 spiro atoms. The molecule has 0 atom stereocenters. The number of hydrogen-bond acceptors (Lipinski definition) is 4. The van der Waals surface area contributed by atoms with Gasteiger partial charge in [0.1, 0.15) is 18.1 Å². The van der Waals surface area contributed by atoms with Gasteiger partial charge in [0.15, 0.2) is 0 Å². The van der Waals surface area contributed by atoms with E-state index in [1.54, 1.807) is 24.1 Å². The van der Waals surface area contributed by atoms with Crippen LogP contribution in [0.5, 0.6) is 5.75 Å². The molecule has 1 amide bonds. The minimum absolute atomic E-state index is 0.121. The van der Waals surface area contributed by atoms with Crippen LogP contribution in [0.3, 0.4) is 0 Å². The fourth-order valence-corrected chi connectivity index (χ4v) is 3.03. The Morgan fingerprint density at radius 3 is 2.67 bits per heavy atom. The lowest BCUT2D eigenvalue weighted by Gasteiger charge is -2.19. The number of hydrogen-bond donors (Lipinski definition) is 0. The van der Waals surface area contributed by atoms with Gasteiger partial charge in [-0.15, -0.1) is 0 Å². The topological polar surface area (TPSA) is 55.6 Å². The predicted molar refractivity (Wildman–Crippen MR) is 104 cm³/mol. The maximum atomic E-state index is 12.9. The number of rotatable bonds is 6. The molecule has 6 heteroatoms. The molecule has 3 rings (SSSR count). The molecule has 0 saturated heterocycles. The number of ether oxygens (including phenoxy) is 1. The fourth-order valence-electron chi connectivity index (χ4n) is 2.81. The zero-order valence-corrected chi connectivity index (χ0v) is 16.3. The maximum absolute atomic E-state index is 12.9. The van der Waals surface area contributed by atoms with E-state index in [0.29, 0.717) is 29.5 Å². The van der Waals surface area contributed by atoms with Crippen molar-refractivity contribution in [2.45, 2.75) is 27.0 Å². The van der Waals surface area contributed by atoms with Crippen LogP contribution in [0, 0.1) is 13.8 Å². The van der Waals surface area contributed by atoms with Crippen molar-refractivity contribution in [3.8, 4) is 5.75 Å². The molecular weight excluding hydrogens is 364 g/mol. The molecule has 27 heavy (non-hydrogen) atoms. The van der Waals surface area contributed by atoms with Crippen molar-refractivity contribution >= 4 is 17.5 Å². The standard InChI is InChI=1S/C21H21ClN2O3/c1-14-19(15(2)27-23-14)13-26-20-10-5-4-9-18(20)21(25)24(3)12-16-7-6-8-17(22)11-16/h4-11H,12-13H2,1-3H3. The Hall–Kier alpha value is -2.79. The summed E-state index contributed by atoms with van der Waals surface area (Å²) in [5, 5.41) is 4.58. The average molecular weight is 385 g/mol. The molecule has 0 aliphatic rings. The van der Waals surface area contributed by atoms with E-state index in [2.05, 4.69) is 5.16 Å². The molecule has 2 aromatic carbocycles. The lowest BCUT2D eigenvalue weighted by Crippen LogP contribution is -2.26. The van der Waals surface area contributed by atoms with Gasteiger partial charge in [0.2, 0.25) is 0 Å². The zero-order chi connectivity index (χ0) is 19.4. The summed E-state index contributed by atoms with van der Waals surface area (Å²) in [6.07, 6.45) is 0. The Balaban J connectivity index is 1.75. The van der Waals surface area contributed by atoms with E-state index in [-0.39, 0.29) is 5.91 Å². The van der Waals surface area contributed by atoms with Crippen LogP contribution in [0.1, 0.15) is 32.9 Å². The van der Waals surface area contributed by atoms with Gasteiger partial charge in [0.25, 0.3) is 5.91 Å². The highest BCUT2D eigenvalue weighted by Gasteiger charge is 2.18. The van der Waals surface area contributed by atoms with E-state index in [0.717, 1.165) is 22.6 Å². The molecule has 140 valence electrons. The monoisotopic (exact) mass is 384 g/mol. The SMILES string of the molecule is Cc1noc(C)c1COc1ccccc1C(=O)N(C)Cc1cccc(Cl)c1. The first-order valence-electron chi connectivity index (χ1n) is 8.59. The summed E-state index contributed by atoms with van der Waals surface area (Å²) in [6.45, 7) is 4.46. The molecule has 3 aromatic rings. The van der Waals surface area contributed by atoms with E-state index in [9.17, 15) is 4.79 Å². The second kappa shape index (κ2) is 8.27. The number of halogens is 1. The number of aromatic nitrogens is 1. The maximum Gasteiger partial charge on any atom is 0.257 e. The second-order valence-corrected chi connectivity index (χ2v) is 6.82. The first kappa shape index (κ1) is 19.0. The molecule has 0 radical (unpaired) electrons. The first-order chi connectivity index (χ1) is 13.0. The third-order valence-corrected chi connectivity index (χ3v) is 4.56. The lowest BCUT2D eigenvalue weighted by atomic mass is 10.1. The quantitative estimate of drug-likeness (QED) is 0.612. The zero-order valence-electron chi connectivity index (χ0n) is 15.5. The summed E-state index contributed by atoms with van der Waals surface area (Å²) in [5.41, 5.74) is 3.15. The smallest absolute Gasteiger partial charge is 0.257 e. The highest BCUT2D eigenvalue weighted by molar-refractivity contribution is 6.30. The van der Waals surface area contributed by atoms with Crippen molar-refractivity contribution in [2.24, 2.45) is 0 Å². The highest BCUT2D eigenvalue weighted by Crippen LogP contribution is 2.23. The van der Waals surface area contributed by atoms with Crippen LogP contribution in [-0.2, 0) is 13.2 Å². The van der Waals surface area contributed by atoms with Crippen molar-refractivity contribution in [1.82, 2.24) is 10.1 Å². The van der Waals surface area contributed by atoms with E-state index in [1.807, 2.05) is 50.2 Å². The molecule has 0 bridgehead atoms. The predicted octanol–water partition coefficient (Wildman–Crippen LogP) is 4.80. The van der Waals surface area contributed by atoms with Gasteiger partial charge in [0, 0.05) is 18.6 Å². The first-order valence-corrected chi connectivity index (χ1v) is 8.97. The highest BCUT2D eigenvalue weighted by atomic mass is 35.5. The number of nitrogens with zero attached hydrogens (tertiary/aromatic N) is 2. The van der Waals surface area contributed by atoms with Crippen LogP contribution in [0.2, 0.25) is 5.02 Å². The number of carbonyl (C=O) groups excluding carboxylic acids is 1. The number of carbonyl (C=O) groups is 1. The van der Waals surface area contributed by atoms with E-state index < -0.39 is 0 Å². The summed E-state index contributed by atoms with van der Waals surface area (Å²) in [6, 6.07) is 14.7. The van der Waals surface area contributed by atoms with Crippen LogP contribution in [-0.4, -0.2) is 23.0 Å². The van der Waals surface area contributed by atoms with Gasteiger partial charge >= 0.3 is 0 Å². The van der Waals surface area contributed by atoms with E-state index in [1.165, 1.54) is 0 Å². The van der Waals surface area contributed by atoms with Gasteiger partial charge in [-0.2, -0.15) is 0 Å². The normalized spacial score (nSPS) is 10.7. The Kier molecular flexibility index (Phi) is 5.81. The molecule has 0 aliphatic heterocycles. The van der Waals surface area contributed by atoms with Crippen molar-refractivity contribution < 1.29 is 14.1 Å². The second-order valence-electron chi connectivity index (χ2n) is 6.38. The molecular formula is C21H21ClN2O3. The summed E-state index contributed by atoms with van der Waals surface area (Å²) in [4.78, 5) is 14.6. The molecule has 0 fully saturated rings. The minimum atomic E-state index is -0.121. The van der Waals surface area contributed by atoms with Crippen molar-refractivity contribution in [2.75, 3.05) is 7.05 Å². The third-order valence-electron chi connectivity index (χ3n) is 4.33. The van der Waals surface area contributed by atoms with E-state index in [4.69, 9.17) is 20.9 Å². The molecule has 1 heterocycles. The largest absolute Gasteiger partial charge is 0.488 e. The number of aryl methyl sites for hydroxylation is 2. The molecule has 0 N–H and O–H groups in total. The minimum Gasteiger partial charge on any atom is -0.488 e. The van der Waals surface area contributed by atoms with Gasteiger partial charge in [-0.3, -0.25) is 4.79 Å². The van der Waals surface area contributed by atoms with Gasteiger partial charge in [-0.1, -0.05) is 41.0 Å². The molecule has 0 aliphatic carbocycles. The van der Waals surface area contributed by atoms with Crippen LogP contribution < -0.4 is 4.74 Å². The Bertz CT molecular complexity index is 933. The summed E-state index contributed by atoms with van der Waals surface area (Å²) < 4.78 is 11.1. The number of benzene rings is 2. The Labute approximate surface area is 163 Å². The van der Waals surface area contributed by atoms with Crippen LogP contribution >= 0.6 is 11.6 Å². The number of amides is 1. The Morgan fingerprint density at radius 2 is 1.96 bits per heavy atom. The van der Waals surface area contributed by atoms with Crippen LogP contribution in [0.4, 0.5) is 0 Å². The molecule has 0 saturated carbocycles. The van der Waals surface area contributed by atoms with Crippen LogP contribution in [0.15, 0.2) is 53.1 Å². The summed E-state index contributed by atoms with van der Waals surface area (Å²) in [5.74, 6) is 1.12.